The number of hydroxylamine groups is 2. The molecule has 0 aromatic heterocycles. The van der Waals surface area contributed by atoms with Crippen molar-refractivity contribution in [1.82, 2.24) is 5.06 Å². The van der Waals surface area contributed by atoms with Crippen LogP contribution in [0.15, 0.2) is 24.3 Å². The van der Waals surface area contributed by atoms with Crippen LogP contribution in [0.3, 0.4) is 0 Å². The third-order valence-corrected chi connectivity index (χ3v) is 2.13. The highest BCUT2D eigenvalue weighted by atomic mass is 16.7. The first-order chi connectivity index (χ1) is 7.11. The minimum atomic E-state index is 0.0180. The van der Waals surface area contributed by atoms with Crippen LogP contribution < -0.4 is 0 Å². The molecule has 0 aliphatic carbocycles. The molecule has 0 unspecified atom stereocenters. The quantitative estimate of drug-likeness (QED) is 0.499. The van der Waals surface area contributed by atoms with Crippen LogP contribution in [0.25, 0.3) is 0 Å². The Bertz CT molecular complexity index is 234. The molecule has 3 heteroatoms. The second-order valence-corrected chi connectivity index (χ2v) is 3.57. The highest BCUT2D eigenvalue weighted by Crippen LogP contribution is 2.10. The zero-order valence-electron chi connectivity index (χ0n) is 10.1. The van der Waals surface area contributed by atoms with E-state index < -0.39 is 0 Å². The lowest BCUT2D eigenvalue weighted by atomic mass is 10.0. The van der Waals surface area contributed by atoms with E-state index in [0.717, 1.165) is 6.42 Å². The zero-order chi connectivity index (χ0) is 11.7. The summed E-state index contributed by atoms with van der Waals surface area (Å²) >= 11 is 0. The van der Waals surface area contributed by atoms with Gasteiger partial charge in [-0.15, -0.1) is 0 Å². The van der Waals surface area contributed by atoms with Gasteiger partial charge in [-0.1, -0.05) is 31.2 Å². The van der Waals surface area contributed by atoms with Crippen LogP contribution in [0.5, 0.6) is 0 Å². The molecule has 0 fully saturated rings. The van der Waals surface area contributed by atoms with Crippen molar-refractivity contribution in [2.45, 2.75) is 26.7 Å². The molecule has 0 aromatic rings. The van der Waals surface area contributed by atoms with Gasteiger partial charge in [0.05, 0.1) is 7.11 Å². The van der Waals surface area contributed by atoms with Gasteiger partial charge in [0.15, 0.2) is 0 Å². The molecule has 1 amide bonds. The highest BCUT2D eigenvalue weighted by molar-refractivity contribution is 5.74. The summed E-state index contributed by atoms with van der Waals surface area (Å²) in [5.74, 6) is 0.362. The van der Waals surface area contributed by atoms with Gasteiger partial charge in [-0.2, -0.15) is 0 Å². The number of hydrogen-bond acceptors (Lipinski definition) is 2. The Morgan fingerprint density at radius 2 is 2.13 bits per heavy atom. The van der Waals surface area contributed by atoms with Crippen LogP contribution in [0.1, 0.15) is 26.7 Å². The minimum absolute atomic E-state index is 0.0180. The molecule has 0 saturated carbocycles. The average molecular weight is 211 g/mol. The standard InChI is InChI=1S/C12H21NO2/c1-5-6-7-8-9-11(2)10-12(14)13(3)15-4/h5-8,11H,9-10H2,1-4H3/t11-/m1/s1. The van der Waals surface area contributed by atoms with Gasteiger partial charge < -0.3 is 0 Å². The molecule has 0 radical (unpaired) electrons. The molecular formula is C12H21NO2. The Balaban J connectivity index is 3.83. The van der Waals surface area contributed by atoms with Crippen LogP contribution in [0.4, 0.5) is 0 Å². The maximum absolute atomic E-state index is 11.4. The molecule has 0 saturated heterocycles. The fourth-order valence-corrected chi connectivity index (χ4v) is 1.11. The molecular weight excluding hydrogens is 190 g/mol. The van der Waals surface area contributed by atoms with Crippen molar-refractivity contribution in [2.75, 3.05) is 14.2 Å². The fraction of sp³-hybridized carbons (Fsp3) is 0.583. The second-order valence-electron chi connectivity index (χ2n) is 3.57. The van der Waals surface area contributed by atoms with E-state index in [0.29, 0.717) is 12.3 Å². The number of amides is 1. The van der Waals surface area contributed by atoms with E-state index in [1.54, 1.807) is 7.05 Å². The number of carbonyl (C=O) groups excluding carboxylic acids is 1. The summed E-state index contributed by atoms with van der Waals surface area (Å²) in [5.41, 5.74) is 0. The number of allylic oxidation sites excluding steroid dienone is 4. The van der Waals surface area contributed by atoms with E-state index >= 15 is 0 Å². The summed E-state index contributed by atoms with van der Waals surface area (Å²) in [6.45, 7) is 4.03. The van der Waals surface area contributed by atoms with Gasteiger partial charge in [0.1, 0.15) is 0 Å². The zero-order valence-corrected chi connectivity index (χ0v) is 10.1. The fourth-order valence-electron chi connectivity index (χ4n) is 1.11. The van der Waals surface area contributed by atoms with Gasteiger partial charge >= 0.3 is 0 Å². The normalized spacial score (nSPS) is 13.6. The summed E-state index contributed by atoms with van der Waals surface area (Å²) < 4.78 is 0. The van der Waals surface area contributed by atoms with Crippen LogP contribution in [-0.2, 0) is 9.63 Å². The van der Waals surface area contributed by atoms with Gasteiger partial charge in [0.25, 0.3) is 0 Å². The summed E-state index contributed by atoms with van der Waals surface area (Å²) in [4.78, 5) is 16.2. The van der Waals surface area contributed by atoms with Crippen molar-refractivity contribution < 1.29 is 9.63 Å². The number of nitrogens with zero attached hydrogens (tertiary/aromatic N) is 1. The molecule has 0 rings (SSSR count). The maximum atomic E-state index is 11.4. The summed E-state index contributed by atoms with van der Waals surface area (Å²) in [6.07, 6.45) is 9.46. The van der Waals surface area contributed by atoms with Gasteiger partial charge in [-0.05, 0) is 19.3 Å². The van der Waals surface area contributed by atoms with E-state index in [2.05, 4.69) is 13.0 Å². The molecule has 0 aliphatic rings. The molecule has 1 atom stereocenters. The van der Waals surface area contributed by atoms with Gasteiger partial charge in [0.2, 0.25) is 5.91 Å². The average Bonchev–Trinajstić information content (AvgIpc) is 2.23. The molecule has 0 N–H and O–H groups in total. The molecule has 3 nitrogen and oxygen atoms in total. The van der Waals surface area contributed by atoms with E-state index in [-0.39, 0.29) is 5.91 Å². The van der Waals surface area contributed by atoms with Gasteiger partial charge in [-0.25, -0.2) is 5.06 Å². The van der Waals surface area contributed by atoms with E-state index in [1.807, 2.05) is 25.2 Å². The van der Waals surface area contributed by atoms with Crippen molar-refractivity contribution in [1.29, 1.82) is 0 Å². The molecule has 0 heterocycles. The maximum Gasteiger partial charge on any atom is 0.246 e. The second kappa shape index (κ2) is 8.24. The van der Waals surface area contributed by atoms with Crippen LogP contribution in [-0.4, -0.2) is 25.1 Å². The van der Waals surface area contributed by atoms with Crippen molar-refractivity contribution in [3.63, 3.8) is 0 Å². The molecule has 0 bridgehead atoms. The highest BCUT2D eigenvalue weighted by Gasteiger charge is 2.11. The number of carbonyl (C=O) groups is 1. The van der Waals surface area contributed by atoms with E-state index in [1.165, 1.54) is 12.2 Å². The van der Waals surface area contributed by atoms with Crippen molar-refractivity contribution in [3.05, 3.63) is 24.3 Å². The molecule has 0 aliphatic heterocycles. The third-order valence-electron chi connectivity index (χ3n) is 2.13. The lowest BCUT2D eigenvalue weighted by molar-refractivity contribution is -0.169. The van der Waals surface area contributed by atoms with Crippen LogP contribution in [0, 0.1) is 5.92 Å². The first-order valence-electron chi connectivity index (χ1n) is 5.20. The third kappa shape index (κ3) is 6.91. The Hall–Kier alpha value is -1.09. The van der Waals surface area contributed by atoms with Crippen molar-refractivity contribution >= 4 is 5.91 Å². The molecule has 86 valence electrons. The van der Waals surface area contributed by atoms with Crippen molar-refractivity contribution in [2.24, 2.45) is 5.92 Å². The van der Waals surface area contributed by atoms with Crippen LogP contribution in [0.2, 0.25) is 0 Å². The molecule has 15 heavy (non-hydrogen) atoms. The Labute approximate surface area is 92.4 Å². The van der Waals surface area contributed by atoms with Gasteiger partial charge in [0, 0.05) is 13.5 Å². The van der Waals surface area contributed by atoms with E-state index in [9.17, 15) is 4.79 Å². The summed E-state index contributed by atoms with van der Waals surface area (Å²) in [5, 5.41) is 1.27. The first-order valence-corrected chi connectivity index (χ1v) is 5.20. The van der Waals surface area contributed by atoms with Crippen molar-refractivity contribution in [3.8, 4) is 0 Å². The Morgan fingerprint density at radius 1 is 1.47 bits per heavy atom. The summed E-state index contributed by atoms with van der Waals surface area (Å²) in [7, 11) is 3.12. The van der Waals surface area contributed by atoms with Crippen LogP contribution >= 0.6 is 0 Å². The number of rotatable bonds is 6. The van der Waals surface area contributed by atoms with Gasteiger partial charge in [-0.3, -0.25) is 9.63 Å². The molecule has 0 aromatic carbocycles. The predicted octanol–water partition coefficient (Wildman–Crippen LogP) is 2.55. The SMILES string of the molecule is CC=CC=CC[C@@H](C)CC(=O)N(C)OC. The number of hydrogen-bond donors (Lipinski definition) is 0. The Kier molecular flexibility index (Phi) is 7.64. The minimum Gasteiger partial charge on any atom is -0.275 e. The Morgan fingerprint density at radius 3 is 2.67 bits per heavy atom. The molecule has 0 spiro atoms. The van der Waals surface area contributed by atoms with E-state index in [4.69, 9.17) is 4.84 Å². The lowest BCUT2D eigenvalue weighted by Crippen LogP contribution is -2.26. The largest absolute Gasteiger partial charge is 0.275 e. The lowest BCUT2D eigenvalue weighted by Gasteiger charge is -2.15. The monoisotopic (exact) mass is 211 g/mol. The smallest absolute Gasteiger partial charge is 0.246 e. The first kappa shape index (κ1) is 13.9. The summed E-state index contributed by atoms with van der Waals surface area (Å²) in [6, 6.07) is 0. The predicted molar refractivity (Wildman–Crippen MR) is 62.1 cm³/mol. The topological polar surface area (TPSA) is 29.5 Å².